The topological polar surface area (TPSA) is 17.0 Å². The molecular weight excluding hydrogens is 192 g/mol. The summed E-state index contributed by atoms with van der Waals surface area (Å²) in [6, 6.07) is 8.76. The molecule has 0 amide bonds. The average Bonchev–Trinajstić information content (AvgIpc) is 2.85. The van der Waals surface area contributed by atoms with E-state index in [1.807, 2.05) is 11.3 Å². The molecule has 0 unspecified atom stereocenters. The van der Waals surface area contributed by atoms with Crippen LogP contribution in [-0.4, -0.2) is 11.1 Å². The Morgan fingerprint density at radius 3 is 3.14 bits per heavy atom. The van der Waals surface area contributed by atoms with E-state index >= 15 is 0 Å². The first-order valence-electron chi connectivity index (χ1n) is 4.88. The summed E-state index contributed by atoms with van der Waals surface area (Å²) in [5.41, 5.74) is 2.77. The van der Waals surface area contributed by atoms with Crippen molar-refractivity contribution >= 4 is 11.3 Å². The molecule has 2 aromatic rings. The molecular formula is C11H12N2S. The van der Waals surface area contributed by atoms with Crippen molar-refractivity contribution in [3.05, 3.63) is 35.3 Å². The maximum atomic E-state index is 3.38. The minimum atomic E-state index is 1.01. The quantitative estimate of drug-likeness (QED) is 0.754. The number of aromatic nitrogens is 1. The maximum absolute atomic E-state index is 3.38. The summed E-state index contributed by atoms with van der Waals surface area (Å²) in [6.45, 7) is 3.18. The maximum Gasteiger partial charge on any atom is 0.0584 e. The Balaban J connectivity index is 2.11. The zero-order valence-electron chi connectivity index (χ0n) is 7.86. The van der Waals surface area contributed by atoms with Crippen molar-refractivity contribution in [3.8, 4) is 10.6 Å². The zero-order chi connectivity index (χ0) is 9.38. The third kappa shape index (κ3) is 1.21. The lowest BCUT2D eigenvalue weighted by Crippen LogP contribution is -2.27. The molecule has 3 rings (SSSR count). The van der Waals surface area contributed by atoms with Crippen LogP contribution in [0.4, 0.5) is 0 Å². The third-order valence-electron chi connectivity index (χ3n) is 2.66. The van der Waals surface area contributed by atoms with Crippen LogP contribution in [0.15, 0.2) is 29.6 Å². The highest BCUT2D eigenvalue weighted by molar-refractivity contribution is 7.13. The van der Waals surface area contributed by atoms with Crippen LogP contribution in [0.3, 0.4) is 0 Å². The van der Waals surface area contributed by atoms with Gasteiger partial charge in [-0.15, -0.1) is 11.3 Å². The first-order chi connectivity index (χ1) is 6.95. The Hall–Kier alpha value is -1.06. The number of fused-ring (bicyclic) bond motifs is 1. The van der Waals surface area contributed by atoms with Crippen LogP contribution in [0.2, 0.25) is 0 Å². The first-order valence-corrected chi connectivity index (χ1v) is 5.76. The molecule has 72 valence electrons. The fraction of sp³-hybridized carbons (Fsp3) is 0.273. The van der Waals surface area contributed by atoms with Gasteiger partial charge in [-0.2, -0.15) is 0 Å². The molecule has 3 heterocycles. The average molecular weight is 204 g/mol. The van der Waals surface area contributed by atoms with Gasteiger partial charge in [-0.3, -0.25) is 0 Å². The Labute approximate surface area is 87.2 Å². The largest absolute Gasteiger partial charge is 0.341 e. The van der Waals surface area contributed by atoms with Crippen molar-refractivity contribution in [1.82, 2.24) is 9.88 Å². The van der Waals surface area contributed by atoms with E-state index < -0.39 is 0 Å². The Kier molecular flexibility index (Phi) is 1.92. The third-order valence-corrected chi connectivity index (χ3v) is 3.56. The molecule has 1 aliphatic heterocycles. The molecule has 0 radical (unpaired) electrons. The normalized spacial score (nSPS) is 15.4. The smallest absolute Gasteiger partial charge is 0.0584 e. The molecule has 0 fully saturated rings. The van der Waals surface area contributed by atoms with E-state index in [4.69, 9.17) is 0 Å². The predicted molar refractivity (Wildman–Crippen MR) is 59.5 cm³/mol. The van der Waals surface area contributed by atoms with Crippen molar-refractivity contribution in [2.24, 2.45) is 0 Å². The zero-order valence-corrected chi connectivity index (χ0v) is 8.68. The highest BCUT2D eigenvalue weighted by Gasteiger charge is 2.13. The summed E-state index contributed by atoms with van der Waals surface area (Å²) in [6.07, 6.45) is 0. The second-order valence-corrected chi connectivity index (χ2v) is 4.46. The number of nitrogens with one attached hydrogen (secondary N) is 1. The molecule has 3 heteroatoms. The fourth-order valence-electron chi connectivity index (χ4n) is 1.97. The van der Waals surface area contributed by atoms with Crippen LogP contribution >= 0.6 is 11.3 Å². The van der Waals surface area contributed by atoms with Crippen LogP contribution in [0.25, 0.3) is 10.6 Å². The number of thiophene rings is 1. The van der Waals surface area contributed by atoms with E-state index in [1.165, 1.54) is 16.3 Å². The molecule has 1 N–H and O–H groups in total. The van der Waals surface area contributed by atoms with Crippen molar-refractivity contribution < 1.29 is 0 Å². The molecule has 0 aromatic carbocycles. The lowest BCUT2D eigenvalue weighted by Gasteiger charge is -2.18. The molecule has 2 nitrogen and oxygen atoms in total. The Morgan fingerprint density at radius 2 is 2.29 bits per heavy atom. The van der Waals surface area contributed by atoms with Gasteiger partial charge in [0.15, 0.2) is 0 Å². The van der Waals surface area contributed by atoms with E-state index in [2.05, 4.69) is 39.5 Å². The molecule has 0 bridgehead atoms. The minimum absolute atomic E-state index is 1.01. The molecule has 14 heavy (non-hydrogen) atoms. The fourth-order valence-corrected chi connectivity index (χ4v) is 2.73. The summed E-state index contributed by atoms with van der Waals surface area (Å²) in [7, 11) is 0. The molecule has 1 aliphatic rings. The summed E-state index contributed by atoms with van der Waals surface area (Å²) in [5.74, 6) is 0. The van der Waals surface area contributed by atoms with E-state index in [9.17, 15) is 0 Å². The summed E-state index contributed by atoms with van der Waals surface area (Å²) < 4.78 is 2.42. The minimum Gasteiger partial charge on any atom is -0.341 e. The van der Waals surface area contributed by atoms with Crippen molar-refractivity contribution in [1.29, 1.82) is 0 Å². The standard InChI is InChI=1S/C11H12N2S/c1-2-11(14-7-1)10-4-3-9-8-12-5-6-13(9)10/h1-4,7,12H,5-6,8H2. The van der Waals surface area contributed by atoms with Crippen LogP contribution in [0.1, 0.15) is 5.69 Å². The molecule has 2 aromatic heterocycles. The van der Waals surface area contributed by atoms with Crippen LogP contribution in [-0.2, 0) is 13.1 Å². The number of rotatable bonds is 1. The van der Waals surface area contributed by atoms with E-state index in [-0.39, 0.29) is 0 Å². The SMILES string of the molecule is c1csc(-c2ccc3n2CCNC3)c1. The molecule has 0 saturated carbocycles. The monoisotopic (exact) mass is 204 g/mol. The van der Waals surface area contributed by atoms with Gasteiger partial charge in [0.25, 0.3) is 0 Å². The van der Waals surface area contributed by atoms with Gasteiger partial charge in [-0.25, -0.2) is 0 Å². The van der Waals surface area contributed by atoms with Crippen molar-refractivity contribution in [3.63, 3.8) is 0 Å². The highest BCUT2D eigenvalue weighted by atomic mass is 32.1. The van der Waals surface area contributed by atoms with Gasteiger partial charge in [0.1, 0.15) is 0 Å². The first kappa shape index (κ1) is 8.26. The summed E-state index contributed by atoms with van der Waals surface area (Å²) in [5, 5.41) is 5.52. The van der Waals surface area contributed by atoms with Crippen molar-refractivity contribution in [2.75, 3.05) is 6.54 Å². The Bertz CT molecular complexity index is 428. The number of hydrogen-bond acceptors (Lipinski definition) is 2. The van der Waals surface area contributed by atoms with E-state index in [0.29, 0.717) is 0 Å². The molecule has 0 saturated heterocycles. The Morgan fingerprint density at radius 1 is 1.29 bits per heavy atom. The summed E-state index contributed by atoms with van der Waals surface area (Å²) in [4.78, 5) is 1.37. The molecule has 0 spiro atoms. The van der Waals surface area contributed by atoms with Gasteiger partial charge >= 0.3 is 0 Å². The van der Waals surface area contributed by atoms with Crippen LogP contribution in [0, 0.1) is 0 Å². The van der Waals surface area contributed by atoms with Gasteiger partial charge in [-0.1, -0.05) is 6.07 Å². The molecule has 0 aliphatic carbocycles. The lowest BCUT2D eigenvalue weighted by atomic mass is 10.3. The second-order valence-electron chi connectivity index (χ2n) is 3.52. The van der Waals surface area contributed by atoms with Crippen LogP contribution < -0.4 is 5.32 Å². The van der Waals surface area contributed by atoms with E-state index in [1.54, 1.807) is 0 Å². The van der Waals surface area contributed by atoms with Crippen molar-refractivity contribution in [2.45, 2.75) is 13.1 Å². The van der Waals surface area contributed by atoms with Crippen LogP contribution in [0.5, 0.6) is 0 Å². The summed E-state index contributed by atoms with van der Waals surface area (Å²) >= 11 is 1.81. The predicted octanol–water partition coefficient (Wildman–Crippen LogP) is 2.32. The van der Waals surface area contributed by atoms with Gasteiger partial charge in [0.05, 0.1) is 10.6 Å². The number of hydrogen-bond donors (Lipinski definition) is 1. The van der Waals surface area contributed by atoms with Gasteiger partial charge in [0.2, 0.25) is 0 Å². The van der Waals surface area contributed by atoms with Gasteiger partial charge < -0.3 is 9.88 Å². The highest BCUT2D eigenvalue weighted by Crippen LogP contribution is 2.27. The van der Waals surface area contributed by atoms with E-state index in [0.717, 1.165) is 19.6 Å². The lowest BCUT2D eigenvalue weighted by molar-refractivity contribution is 0.520. The number of nitrogens with zero attached hydrogens (tertiary/aromatic N) is 1. The molecule has 0 atom stereocenters. The second kappa shape index (κ2) is 3.26. The van der Waals surface area contributed by atoms with Gasteiger partial charge in [-0.05, 0) is 23.6 Å². The van der Waals surface area contributed by atoms with Gasteiger partial charge in [0, 0.05) is 25.3 Å².